The number of hydrogen-bond acceptors (Lipinski definition) is 5. The number of nitro groups is 1. The summed E-state index contributed by atoms with van der Waals surface area (Å²) in [6.07, 6.45) is 3.30. The molecule has 3 N–H and O–H groups in total. The molecular formula is C12H16ClN3O4S. The van der Waals surface area contributed by atoms with Crippen molar-refractivity contribution in [1.29, 1.82) is 0 Å². The number of nitrogens with zero attached hydrogens (tertiary/aromatic N) is 1. The van der Waals surface area contributed by atoms with Crippen molar-refractivity contribution in [2.75, 3.05) is 0 Å². The van der Waals surface area contributed by atoms with Crippen LogP contribution >= 0.6 is 11.6 Å². The van der Waals surface area contributed by atoms with E-state index in [9.17, 15) is 18.5 Å². The van der Waals surface area contributed by atoms with Crippen LogP contribution in [0, 0.1) is 10.1 Å². The largest absolute Gasteiger partial charge is 0.326 e. The van der Waals surface area contributed by atoms with Gasteiger partial charge in [-0.1, -0.05) is 24.4 Å². The van der Waals surface area contributed by atoms with Gasteiger partial charge in [-0.15, -0.1) is 0 Å². The Morgan fingerprint density at radius 3 is 2.62 bits per heavy atom. The van der Waals surface area contributed by atoms with Crippen molar-refractivity contribution < 1.29 is 13.3 Å². The number of nitrogens with two attached hydrogens (primary N) is 1. The summed E-state index contributed by atoms with van der Waals surface area (Å²) in [7, 11) is -3.86. The molecular weight excluding hydrogens is 318 g/mol. The molecule has 0 aliphatic heterocycles. The van der Waals surface area contributed by atoms with Crippen molar-refractivity contribution in [2.45, 2.75) is 42.7 Å². The molecule has 1 fully saturated rings. The van der Waals surface area contributed by atoms with Crippen LogP contribution in [0.15, 0.2) is 23.1 Å². The number of hydrogen-bond donors (Lipinski definition) is 2. The third-order valence-electron chi connectivity index (χ3n) is 3.55. The van der Waals surface area contributed by atoms with E-state index in [1.807, 2.05) is 0 Å². The summed E-state index contributed by atoms with van der Waals surface area (Å²) in [5, 5.41) is 10.7. The highest BCUT2D eigenvalue weighted by Gasteiger charge is 2.28. The first-order valence-electron chi connectivity index (χ1n) is 6.53. The van der Waals surface area contributed by atoms with E-state index in [4.69, 9.17) is 17.3 Å². The van der Waals surface area contributed by atoms with E-state index >= 15 is 0 Å². The lowest BCUT2D eigenvalue weighted by Crippen LogP contribution is -2.49. The maximum Gasteiger partial charge on any atom is 0.289 e. The van der Waals surface area contributed by atoms with E-state index in [0.29, 0.717) is 6.42 Å². The zero-order valence-corrected chi connectivity index (χ0v) is 12.7. The summed E-state index contributed by atoms with van der Waals surface area (Å²) < 4.78 is 27.1. The Balaban J connectivity index is 2.27. The number of sulfonamides is 1. The summed E-state index contributed by atoms with van der Waals surface area (Å²) in [5.41, 5.74) is 5.47. The second-order valence-electron chi connectivity index (χ2n) is 5.05. The Hall–Kier alpha value is -1.22. The van der Waals surface area contributed by atoms with Gasteiger partial charge < -0.3 is 5.73 Å². The fourth-order valence-corrected chi connectivity index (χ4v) is 3.90. The number of rotatable bonds is 4. The normalized spacial score (nSPS) is 23.0. The van der Waals surface area contributed by atoms with E-state index in [1.165, 1.54) is 12.1 Å². The predicted octanol–water partition coefficient (Wildman–Crippen LogP) is 1.80. The molecule has 2 atom stereocenters. The third-order valence-corrected chi connectivity index (χ3v) is 5.36. The highest BCUT2D eigenvalue weighted by molar-refractivity contribution is 7.89. The fraction of sp³-hybridized carbons (Fsp3) is 0.500. The molecule has 1 saturated carbocycles. The molecule has 2 rings (SSSR count). The molecule has 2 unspecified atom stereocenters. The van der Waals surface area contributed by atoms with Crippen LogP contribution in [0.4, 0.5) is 5.69 Å². The van der Waals surface area contributed by atoms with E-state index in [2.05, 4.69) is 4.72 Å². The third kappa shape index (κ3) is 3.70. The topological polar surface area (TPSA) is 115 Å². The van der Waals surface area contributed by atoms with Crippen LogP contribution in [-0.2, 0) is 10.0 Å². The van der Waals surface area contributed by atoms with Gasteiger partial charge >= 0.3 is 0 Å². The SMILES string of the molecule is NC1CCCCC1NS(=O)(=O)c1ccc(Cl)c([N+](=O)[O-])c1. The lowest BCUT2D eigenvalue weighted by molar-refractivity contribution is -0.384. The number of halogens is 1. The van der Waals surface area contributed by atoms with Gasteiger partial charge in [-0.2, -0.15) is 0 Å². The summed E-state index contributed by atoms with van der Waals surface area (Å²) in [5.74, 6) is 0. The number of nitrogens with one attached hydrogen (secondary N) is 1. The van der Waals surface area contributed by atoms with Gasteiger partial charge in [0, 0.05) is 18.2 Å². The molecule has 0 saturated heterocycles. The van der Waals surface area contributed by atoms with Crippen LogP contribution in [0.1, 0.15) is 25.7 Å². The molecule has 0 bridgehead atoms. The van der Waals surface area contributed by atoms with Crippen LogP contribution in [-0.4, -0.2) is 25.4 Å². The Kier molecular flexibility index (Phi) is 4.82. The number of nitro benzene ring substituents is 1. The molecule has 0 heterocycles. The van der Waals surface area contributed by atoms with E-state index in [1.54, 1.807) is 0 Å². The van der Waals surface area contributed by atoms with Gasteiger partial charge in [0.2, 0.25) is 10.0 Å². The first-order valence-corrected chi connectivity index (χ1v) is 8.39. The van der Waals surface area contributed by atoms with Crippen molar-refractivity contribution in [1.82, 2.24) is 4.72 Å². The zero-order valence-electron chi connectivity index (χ0n) is 11.2. The molecule has 1 aliphatic carbocycles. The zero-order chi connectivity index (χ0) is 15.6. The Morgan fingerprint density at radius 2 is 2.00 bits per heavy atom. The predicted molar refractivity (Wildman–Crippen MR) is 78.7 cm³/mol. The van der Waals surface area contributed by atoms with Crippen LogP contribution in [0.3, 0.4) is 0 Å². The molecule has 1 aromatic carbocycles. The molecule has 9 heteroatoms. The second kappa shape index (κ2) is 6.27. The van der Waals surface area contributed by atoms with Gasteiger partial charge in [0.15, 0.2) is 0 Å². The second-order valence-corrected chi connectivity index (χ2v) is 7.17. The van der Waals surface area contributed by atoms with Crippen LogP contribution in [0.25, 0.3) is 0 Å². The molecule has 21 heavy (non-hydrogen) atoms. The Morgan fingerprint density at radius 1 is 1.33 bits per heavy atom. The van der Waals surface area contributed by atoms with E-state index in [-0.39, 0.29) is 22.0 Å². The molecule has 7 nitrogen and oxygen atoms in total. The monoisotopic (exact) mass is 333 g/mol. The van der Waals surface area contributed by atoms with Gasteiger partial charge in [-0.05, 0) is 25.0 Å². The van der Waals surface area contributed by atoms with Crippen LogP contribution in [0.2, 0.25) is 5.02 Å². The molecule has 0 spiro atoms. The van der Waals surface area contributed by atoms with Crippen molar-refractivity contribution >= 4 is 27.3 Å². The minimum Gasteiger partial charge on any atom is -0.326 e. The standard InChI is InChI=1S/C12H16ClN3O4S/c13-9-6-5-8(7-12(9)16(17)18)21(19,20)15-11-4-2-1-3-10(11)14/h5-7,10-11,15H,1-4,14H2. The first-order chi connectivity index (χ1) is 9.81. The minimum atomic E-state index is -3.86. The van der Waals surface area contributed by atoms with Crippen LogP contribution in [0.5, 0.6) is 0 Å². The van der Waals surface area contributed by atoms with Gasteiger partial charge in [-0.3, -0.25) is 10.1 Å². The highest BCUT2D eigenvalue weighted by Crippen LogP contribution is 2.27. The van der Waals surface area contributed by atoms with Gasteiger partial charge in [-0.25, -0.2) is 13.1 Å². The maximum absolute atomic E-state index is 12.3. The van der Waals surface area contributed by atoms with E-state index < -0.39 is 20.6 Å². The Bertz CT molecular complexity index is 650. The molecule has 1 aliphatic rings. The van der Waals surface area contributed by atoms with Gasteiger partial charge in [0.25, 0.3) is 5.69 Å². The quantitative estimate of drug-likeness (QED) is 0.643. The van der Waals surface area contributed by atoms with Crippen molar-refractivity contribution in [3.8, 4) is 0 Å². The summed E-state index contributed by atoms with van der Waals surface area (Å²) in [6.45, 7) is 0. The average molecular weight is 334 g/mol. The Labute approximate surface area is 127 Å². The average Bonchev–Trinajstić information content (AvgIpc) is 2.41. The summed E-state index contributed by atoms with van der Waals surface area (Å²) in [4.78, 5) is 9.93. The molecule has 116 valence electrons. The first kappa shape index (κ1) is 16.2. The smallest absolute Gasteiger partial charge is 0.289 e. The maximum atomic E-state index is 12.3. The van der Waals surface area contributed by atoms with Crippen molar-refractivity contribution in [2.24, 2.45) is 5.73 Å². The molecule has 0 amide bonds. The summed E-state index contributed by atoms with van der Waals surface area (Å²) in [6, 6.07) is 2.81. The molecule has 0 aromatic heterocycles. The van der Waals surface area contributed by atoms with Gasteiger partial charge in [0.05, 0.1) is 9.82 Å². The fourth-order valence-electron chi connectivity index (χ4n) is 2.37. The summed E-state index contributed by atoms with van der Waals surface area (Å²) >= 11 is 5.68. The van der Waals surface area contributed by atoms with Crippen LogP contribution < -0.4 is 10.5 Å². The lowest BCUT2D eigenvalue weighted by Gasteiger charge is -2.28. The van der Waals surface area contributed by atoms with Crippen molar-refractivity contribution in [3.05, 3.63) is 33.3 Å². The molecule has 0 radical (unpaired) electrons. The van der Waals surface area contributed by atoms with E-state index in [0.717, 1.165) is 25.3 Å². The van der Waals surface area contributed by atoms with Gasteiger partial charge in [0.1, 0.15) is 5.02 Å². The highest BCUT2D eigenvalue weighted by atomic mass is 35.5. The molecule has 1 aromatic rings. The number of benzene rings is 1. The van der Waals surface area contributed by atoms with Crippen molar-refractivity contribution in [3.63, 3.8) is 0 Å². The lowest BCUT2D eigenvalue weighted by atomic mass is 9.92. The minimum absolute atomic E-state index is 0.103.